The summed E-state index contributed by atoms with van der Waals surface area (Å²) in [4.78, 5) is 14.9. The highest BCUT2D eigenvalue weighted by Crippen LogP contribution is 2.22. The summed E-state index contributed by atoms with van der Waals surface area (Å²) in [5, 5.41) is 3.94. The van der Waals surface area contributed by atoms with E-state index in [4.69, 9.17) is 11.6 Å². The van der Waals surface area contributed by atoms with E-state index in [1.54, 1.807) is 0 Å². The Morgan fingerprint density at radius 3 is 2.56 bits per heavy atom. The van der Waals surface area contributed by atoms with E-state index < -0.39 is 0 Å². The van der Waals surface area contributed by atoms with E-state index in [9.17, 15) is 4.79 Å². The highest BCUT2D eigenvalue weighted by atomic mass is 35.5. The largest absolute Gasteiger partial charge is 0.349 e. The van der Waals surface area contributed by atoms with Gasteiger partial charge < -0.3 is 5.32 Å². The van der Waals surface area contributed by atoms with Gasteiger partial charge in [-0.15, -0.1) is 0 Å². The fourth-order valence-corrected chi connectivity index (χ4v) is 3.62. The molecule has 1 heterocycles. The van der Waals surface area contributed by atoms with Gasteiger partial charge in [-0.1, -0.05) is 54.1 Å². The Morgan fingerprint density at radius 1 is 1.16 bits per heavy atom. The molecule has 0 radical (unpaired) electrons. The zero-order chi connectivity index (χ0) is 17.6. The lowest BCUT2D eigenvalue weighted by Gasteiger charge is -2.32. The maximum atomic E-state index is 12.5. The Kier molecular flexibility index (Phi) is 6.11. The van der Waals surface area contributed by atoms with Gasteiger partial charge in [0.1, 0.15) is 0 Å². The first-order chi connectivity index (χ1) is 12.1. The average Bonchev–Trinajstić information content (AvgIpc) is 2.63. The minimum Gasteiger partial charge on any atom is -0.349 e. The molecule has 0 unspecified atom stereocenters. The molecule has 0 aromatic heterocycles. The minimum atomic E-state index is 0.0539. The fourth-order valence-electron chi connectivity index (χ4n) is 3.40. The summed E-state index contributed by atoms with van der Waals surface area (Å²) in [5.41, 5.74) is 2.38. The lowest BCUT2D eigenvalue weighted by atomic mass is 9.95. The molecule has 0 bridgehead atoms. The number of piperidine rings is 1. The van der Waals surface area contributed by atoms with Crippen LogP contribution >= 0.6 is 11.6 Å². The van der Waals surface area contributed by atoms with Crippen LogP contribution in [0, 0.1) is 5.92 Å². The summed E-state index contributed by atoms with van der Waals surface area (Å²) in [6.45, 7) is 4.84. The van der Waals surface area contributed by atoms with Crippen LogP contribution in [0.5, 0.6) is 0 Å². The number of hydrogen-bond acceptors (Lipinski definition) is 2. The van der Waals surface area contributed by atoms with Crippen molar-refractivity contribution in [2.45, 2.75) is 32.4 Å². The molecule has 2 aromatic carbocycles. The lowest BCUT2D eigenvalue weighted by Crippen LogP contribution is -2.40. The second-order valence-corrected chi connectivity index (χ2v) is 7.26. The highest BCUT2D eigenvalue weighted by Gasteiger charge is 2.25. The van der Waals surface area contributed by atoms with Gasteiger partial charge in [0.25, 0.3) is 0 Å². The van der Waals surface area contributed by atoms with Crippen LogP contribution < -0.4 is 5.32 Å². The van der Waals surface area contributed by atoms with Crippen LogP contribution in [0.2, 0.25) is 5.02 Å². The van der Waals surface area contributed by atoms with Gasteiger partial charge in [-0.25, -0.2) is 0 Å². The predicted octanol–water partition coefficient (Wildman–Crippen LogP) is 4.43. The number of carbonyl (C=O) groups excluding carboxylic acids is 1. The van der Waals surface area contributed by atoms with E-state index in [1.807, 2.05) is 43.3 Å². The lowest BCUT2D eigenvalue weighted by molar-refractivity contribution is -0.127. The summed E-state index contributed by atoms with van der Waals surface area (Å²) in [7, 11) is 0. The van der Waals surface area contributed by atoms with E-state index >= 15 is 0 Å². The molecule has 132 valence electrons. The molecule has 1 N–H and O–H groups in total. The number of nitrogens with zero attached hydrogens (tertiary/aromatic N) is 1. The van der Waals surface area contributed by atoms with Crippen LogP contribution in [0.3, 0.4) is 0 Å². The fraction of sp³-hybridized carbons (Fsp3) is 0.381. The molecule has 2 aromatic rings. The highest BCUT2D eigenvalue weighted by molar-refractivity contribution is 6.30. The molecule has 1 atom stereocenters. The summed E-state index contributed by atoms with van der Waals surface area (Å²) in [5.74, 6) is 0.292. The van der Waals surface area contributed by atoms with E-state index in [0.29, 0.717) is 0 Å². The Hall–Kier alpha value is -1.84. The van der Waals surface area contributed by atoms with Crippen LogP contribution in [-0.4, -0.2) is 23.9 Å². The topological polar surface area (TPSA) is 32.3 Å². The molecule has 0 saturated carbocycles. The normalized spacial score (nSPS) is 17.2. The van der Waals surface area contributed by atoms with Gasteiger partial charge in [-0.2, -0.15) is 0 Å². The smallest absolute Gasteiger partial charge is 0.223 e. The van der Waals surface area contributed by atoms with Crippen molar-refractivity contribution in [3.63, 3.8) is 0 Å². The van der Waals surface area contributed by atoms with Crippen LogP contribution in [0.4, 0.5) is 0 Å². The molecule has 3 nitrogen and oxygen atoms in total. The van der Waals surface area contributed by atoms with Crippen molar-refractivity contribution in [3.8, 4) is 0 Å². The molecular weight excluding hydrogens is 332 g/mol. The van der Waals surface area contributed by atoms with Gasteiger partial charge >= 0.3 is 0 Å². The molecule has 4 heteroatoms. The summed E-state index contributed by atoms with van der Waals surface area (Å²) >= 11 is 6.05. The molecule has 1 amide bonds. The first kappa shape index (κ1) is 18.0. The van der Waals surface area contributed by atoms with Gasteiger partial charge in [-0.05, 0) is 56.1 Å². The molecule has 1 fully saturated rings. The summed E-state index contributed by atoms with van der Waals surface area (Å²) < 4.78 is 0. The number of amides is 1. The second kappa shape index (κ2) is 8.50. The Labute approximate surface area is 155 Å². The molecule has 3 rings (SSSR count). The molecule has 0 aliphatic carbocycles. The molecule has 0 spiro atoms. The number of likely N-dealkylation sites (tertiary alicyclic amines) is 1. The maximum absolute atomic E-state index is 12.5. The van der Waals surface area contributed by atoms with Crippen molar-refractivity contribution in [2.24, 2.45) is 5.92 Å². The SMILES string of the molecule is C[C@@H](NC(=O)C1CCN(Cc2cccc(Cl)c2)CC1)c1ccccc1. The number of benzene rings is 2. The van der Waals surface area contributed by atoms with Crippen LogP contribution in [0.15, 0.2) is 54.6 Å². The van der Waals surface area contributed by atoms with Gasteiger partial charge in [0, 0.05) is 17.5 Å². The van der Waals surface area contributed by atoms with E-state index in [2.05, 4.69) is 28.4 Å². The summed E-state index contributed by atoms with van der Waals surface area (Å²) in [6.07, 6.45) is 1.82. The first-order valence-electron chi connectivity index (χ1n) is 8.94. The first-order valence-corrected chi connectivity index (χ1v) is 9.32. The molecule has 25 heavy (non-hydrogen) atoms. The Balaban J connectivity index is 1.47. The minimum absolute atomic E-state index is 0.0539. The standard InChI is InChI=1S/C21H25ClN2O/c1-16(18-7-3-2-4-8-18)23-21(25)19-10-12-24(13-11-19)15-17-6-5-9-20(22)14-17/h2-9,14,16,19H,10-13,15H2,1H3,(H,23,25)/t16-/m1/s1. The third-order valence-corrected chi connectivity index (χ3v) is 5.15. The van der Waals surface area contributed by atoms with Gasteiger partial charge in [0.05, 0.1) is 6.04 Å². The van der Waals surface area contributed by atoms with Crippen molar-refractivity contribution in [3.05, 3.63) is 70.7 Å². The number of carbonyl (C=O) groups is 1. The Bertz CT molecular complexity index is 696. The van der Waals surface area contributed by atoms with Gasteiger partial charge in [0.15, 0.2) is 0 Å². The quantitative estimate of drug-likeness (QED) is 0.859. The number of nitrogens with one attached hydrogen (secondary N) is 1. The average molecular weight is 357 g/mol. The van der Waals surface area contributed by atoms with Crippen molar-refractivity contribution in [1.82, 2.24) is 10.2 Å². The molecule has 1 aliphatic heterocycles. The third kappa shape index (κ3) is 5.07. The zero-order valence-corrected chi connectivity index (χ0v) is 15.4. The monoisotopic (exact) mass is 356 g/mol. The van der Waals surface area contributed by atoms with Gasteiger partial charge in [-0.3, -0.25) is 9.69 Å². The number of halogens is 1. The molecule has 1 saturated heterocycles. The van der Waals surface area contributed by atoms with Crippen LogP contribution in [0.1, 0.15) is 36.9 Å². The Morgan fingerprint density at radius 2 is 1.88 bits per heavy atom. The van der Waals surface area contributed by atoms with Crippen molar-refractivity contribution in [1.29, 1.82) is 0 Å². The van der Waals surface area contributed by atoms with Crippen molar-refractivity contribution < 1.29 is 4.79 Å². The van der Waals surface area contributed by atoms with E-state index in [1.165, 1.54) is 5.56 Å². The zero-order valence-electron chi connectivity index (χ0n) is 14.6. The van der Waals surface area contributed by atoms with Crippen LogP contribution in [-0.2, 0) is 11.3 Å². The van der Waals surface area contributed by atoms with E-state index in [0.717, 1.165) is 43.1 Å². The summed E-state index contributed by atoms with van der Waals surface area (Å²) in [6, 6.07) is 18.2. The molecule has 1 aliphatic rings. The van der Waals surface area contributed by atoms with Gasteiger partial charge in [0.2, 0.25) is 5.91 Å². The van der Waals surface area contributed by atoms with E-state index in [-0.39, 0.29) is 17.9 Å². The molecular formula is C21H25ClN2O. The number of rotatable bonds is 5. The van der Waals surface area contributed by atoms with Crippen molar-refractivity contribution >= 4 is 17.5 Å². The maximum Gasteiger partial charge on any atom is 0.223 e. The number of hydrogen-bond donors (Lipinski definition) is 1. The second-order valence-electron chi connectivity index (χ2n) is 6.82. The third-order valence-electron chi connectivity index (χ3n) is 4.91. The van der Waals surface area contributed by atoms with Crippen molar-refractivity contribution in [2.75, 3.05) is 13.1 Å². The predicted molar refractivity (Wildman–Crippen MR) is 102 cm³/mol. The van der Waals surface area contributed by atoms with Crippen LogP contribution in [0.25, 0.3) is 0 Å².